The minimum atomic E-state index is -0.501. The lowest BCUT2D eigenvalue weighted by molar-refractivity contribution is -0.140. The number of nitrogens with zero attached hydrogens (tertiary/aromatic N) is 1. The maximum atomic E-state index is 13.5. The fourth-order valence-corrected chi connectivity index (χ4v) is 6.00. The molecule has 6 heteroatoms. The molecule has 0 saturated carbocycles. The summed E-state index contributed by atoms with van der Waals surface area (Å²) in [4.78, 5) is 40.7. The van der Waals surface area contributed by atoms with E-state index in [0.29, 0.717) is 11.3 Å². The van der Waals surface area contributed by atoms with Gasteiger partial charge < -0.3 is 9.47 Å². The minimum absolute atomic E-state index is 0.0446. The van der Waals surface area contributed by atoms with Gasteiger partial charge in [0.1, 0.15) is 12.4 Å². The number of esters is 1. The van der Waals surface area contributed by atoms with E-state index in [1.165, 1.54) is 4.90 Å². The topological polar surface area (TPSA) is 72.9 Å². The van der Waals surface area contributed by atoms with Crippen molar-refractivity contribution < 1.29 is 23.9 Å². The number of methoxy groups -OCH3 is 1. The lowest BCUT2D eigenvalue weighted by Gasteiger charge is -2.45. The zero-order valence-electron chi connectivity index (χ0n) is 18.6. The van der Waals surface area contributed by atoms with Gasteiger partial charge in [-0.25, -0.2) is 4.79 Å². The van der Waals surface area contributed by atoms with Crippen LogP contribution in [-0.4, -0.2) is 42.9 Å². The number of carbonyl (C=O) groups is 3. The number of carbonyl (C=O) groups excluding carboxylic acids is 3. The van der Waals surface area contributed by atoms with Gasteiger partial charge in [0.15, 0.2) is 0 Å². The molecule has 0 N–H and O–H groups in total. The molecule has 7 rings (SSSR count). The quantitative estimate of drug-likeness (QED) is 0.435. The van der Waals surface area contributed by atoms with Gasteiger partial charge >= 0.3 is 5.97 Å². The van der Waals surface area contributed by atoms with Gasteiger partial charge in [-0.3, -0.25) is 14.5 Å². The maximum Gasteiger partial charge on any atom is 0.338 e. The van der Waals surface area contributed by atoms with E-state index in [2.05, 4.69) is 24.3 Å². The van der Waals surface area contributed by atoms with Crippen LogP contribution in [0.4, 0.5) is 0 Å². The van der Waals surface area contributed by atoms with E-state index >= 15 is 0 Å². The van der Waals surface area contributed by atoms with Gasteiger partial charge in [0, 0.05) is 11.8 Å². The van der Waals surface area contributed by atoms with Crippen LogP contribution < -0.4 is 4.74 Å². The summed E-state index contributed by atoms with van der Waals surface area (Å²) in [5.74, 6) is -1.30. The van der Waals surface area contributed by atoms with E-state index in [1.54, 1.807) is 31.4 Å². The molecule has 0 spiro atoms. The van der Waals surface area contributed by atoms with Crippen LogP contribution >= 0.6 is 0 Å². The van der Waals surface area contributed by atoms with Gasteiger partial charge in [0.05, 0.1) is 31.1 Å². The molecule has 3 aromatic rings. The number of amides is 2. The van der Waals surface area contributed by atoms with Crippen molar-refractivity contribution in [3.8, 4) is 5.75 Å². The van der Waals surface area contributed by atoms with E-state index in [1.807, 2.05) is 24.3 Å². The van der Waals surface area contributed by atoms with Gasteiger partial charge in [-0.05, 0) is 46.5 Å². The Balaban J connectivity index is 1.23. The number of rotatable bonds is 5. The van der Waals surface area contributed by atoms with E-state index in [-0.39, 0.29) is 36.8 Å². The number of likely N-dealkylation sites (tertiary alicyclic amines) is 1. The largest absolute Gasteiger partial charge is 0.497 e. The Labute approximate surface area is 197 Å². The number of benzene rings is 3. The molecule has 0 aromatic heterocycles. The molecule has 4 aliphatic rings. The van der Waals surface area contributed by atoms with Crippen molar-refractivity contribution in [1.82, 2.24) is 4.90 Å². The van der Waals surface area contributed by atoms with E-state index in [4.69, 9.17) is 9.47 Å². The van der Waals surface area contributed by atoms with Gasteiger partial charge in [-0.15, -0.1) is 0 Å². The SMILES string of the molecule is COc1ccc(C(=O)OCCN2C(=O)C3C4c5ccccc5C(c5ccccc54)C3C2=O)cc1. The van der Waals surface area contributed by atoms with Crippen molar-refractivity contribution >= 4 is 17.8 Å². The van der Waals surface area contributed by atoms with Gasteiger partial charge in [0.25, 0.3) is 0 Å². The molecule has 1 heterocycles. The lowest BCUT2D eigenvalue weighted by atomic mass is 9.55. The first-order valence-electron chi connectivity index (χ1n) is 11.4. The molecular weight excluding hydrogens is 430 g/mol. The Kier molecular flexibility index (Phi) is 4.76. The highest BCUT2D eigenvalue weighted by molar-refractivity contribution is 6.07. The molecule has 2 bridgehead atoms. The van der Waals surface area contributed by atoms with Crippen molar-refractivity contribution in [3.63, 3.8) is 0 Å². The lowest BCUT2D eigenvalue weighted by Crippen LogP contribution is -2.41. The Hall–Kier alpha value is -3.93. The molecule has 1 aliphatic heterocycles. The minimum Gasteiger partial charge on any atom is -0.497 e. The molecule has 2 unspecified atom stereocenters. The van der Waals surface area contributed by atoms with Crippen LogP contribution in [0.15, 0.2) is 72.8 Å². The Morgan fingerprint density at radius 3 is 1.68 bits per heavy atom. The smallest absolute Gasteiger partial charge is 0.338 e. The molecule has 1 fully saturated rings. The summed E-state index contributed by atoms with van der Waals surface area (Å²) >= 11 is 0. The summed E-state index contributed by atoms with van der Waals surface area (Å²) in [5, 5.41) is 0. The first-order valence-corrected chi connectivity index (χ1v) is 11.4. The van der Waals surface area contributed by atoms with Crippen LogP contribution in [0.25, 0.3) is 0 Å². The molecule has 6 nitrogen and oxygen atoms in total. The van der Waals surface area contributed by atoms with Crippen LogP contribution in [0.2, 0.25) is 0 Å². The maximum absolute atomic E-state index is 13.5. The molecule has 170 valence electrons. The number of hydrogen-bond acceptors (Lipinski definition) is 5. The monoisotopic (exact) mass is 453 g/mol. The van der Waals surface area contributed by atoms with Gasteiger partial charge in [-0.2, -0.15) is 0 Å². The predicted octanol–water partition coefficient (Wildman–Crippen LogP) is 3.74. The summed E-state index contributed by atoms with van der Waals surface area (Å²) < 4.78 is 10.5. The molecule has 2 amide bonds. The third-order valence-electron chi connectivity index (χ3n) is 7.41. The molecule has 34 heavy (non-hydrogen) atoms. The van der Waals surface area contributed by atoms with E-state index in [0.717, 1.165) is 22.3 Å². The van der Waals surface area contributed by atoms with Crippen molar-refractivity contribution in [2.24, 2.45) is 11.8 Å². The number of imide groups is 1. The number of hydrogen-bond donors (Lipinski definition) is 0. The third-order valence-corrected chi connectivity index (χ3v) is 7.41. The summed E-state index contributed by atoms with van der Waals surface area (Å²) in [6.45, 7) is 0.00963. The zero-order chi connectivity index (χ0) is 23.4. The first kappa shape index (κ1) is 20.7. The summed E-state index contributed by atoms with van der Waals surface area (Å²) in [5.41, 5.74) is 4.95. The van der Waals surface area contributed by atoms with Crippen LogP contribution in [0.3, 0.4) is 0 Å². The highest BCUT2D eigenvalue weighted by Gasteiger charge is 2.61. The Bertz CT molecular complexity index is 1200. The van der Waals surface area contributed by atoms with Gasteiger partial charge in [-0.1, -0.05) is 48.5 Å². The van der Waals surface area contributed by atoms with Gasteiger partial charge in [0.2, 0.25) is 11.8 Å². The fourth-order valence-electron chi connectivity index (χ4n) is 6.00. The molecule has 2 atom stereocenters. The van der Waals surface area contributed by atoms with E-state index < -0.39 is 17.8 Å². The summed E-state index contributed by atoms with van der Waals surface area (Å²) in [6, 6.07) is 22.9. The summed E-state index contributed by atoms with van der Waals surface area (Å²) in [7, 11) is 1.55. The van der Waals surface area contributed by atoms with Crippen molar-refractivity contribution in [2.75, 3.05) is 20.3 Å². The molecule has 3 aromatic carbocycles. The van der Waals surface area contributed by atoms with Crippen LogP contribution in [-0.2, 0) is 14.3 Å². The standard InChI is InChI=1S/C28H23NO5/c1-33-17-12-10-16(11-13-17)28(32)34-15-14-29-26(30)24-22-18-6-2-3-7-19(18)23(25(24)27(29)31)21-9-5-4-8-20(21)22/h2-13,22-25H,14-15H2,1H3. The fraction of sp³-hybridized carbons (Fsp3) is 0.250. The number of ether oxygens (including phenoxy) is 2. The molecular formula is C28H23NO5. The average Bonchev–Trinajstić information content (AvgIpc) is 3.14. The highest BCUT2D eigenvalue weighted by atomic mass is 16.5. The van der Waals surface area contributed by atoms with Crippen LogP contribution in [0.1, 0.15) is 44.4 Å². The second-order valence-corrected chi connectivity index (χ2v) is 8.96. The van der Waals surface area contributed by atoms with Crippen molar-refractivity contribution in [2.45, 2.75) is 11.8 Å². The van der Waals surface area contributed by atoms with Crippen LogP contribution in [0, 0.1) is 11.8 Å². The van der Waals surface area contributed by atoms with Crippen molar-refractivity contribution in [3.05, 3.63) is 101 Å². The third kappa shape index (κ3) is 2.91. The molecule has 0 radical (unpaired) electrons. The summed E-state index contributed by atoms with van der Waals surface area (Å²) in [6.07, 6.45) is 0. The molecule has 3 aliphatic carbocycles. The first-order chi connectivity index (χ1) is 16.6. The Morgan fingerprint density at radius 2 is 1.24 bits per heavy atom. The van der Waals surface area contributed by atoms with Crippen LogP contribution in [0.5, 0.6) is 5.75 Å². The highest BCUT2D eigenvalue weighted by Crippen LogP contribution is 2.60. The molecule has 1 saturated heterocycles. The second kappa shape index (κ2) is 7.83. The predicted molar refractivity (Wildman–Crippen MR) is 124 cm³/mol. The normalized spacial score (nSPS) is 23.9. The Morgan fingerprint density at radius 1 is 0.765 bits per heavy atom. The van der Waals surface area contributed by atoms with E-state index in [9.17, 15) is 14.4 Å². The zero-order valence-corrected chi connectivity index (χ0v) is 18.6. The second-order valence-electron chi connectivity index (χ2n) is 8.96. The average molecular weight is 453 g/mol. The van der Waals surface area contributed by atoms with Crippen molar-refractivity contribution in [1.29, 1.82) is 0 Å².